The second kappa shape index (κ2) is 6.27. The lowest BCUT2D eigenvalue weighted by atomic mass is 10.2. The van der Waals surface area contributed by atoms with Crippen LogP contribution in [0.2, 0.25) is 0 Å². The van der Waals surface area contributed by atoms with Crippen LogP contribution in [0.15, 0.2) is 30.6 Å². The Hall–Kier alpha value is -2.76. The average molecular weight is 335 g/mol. The minimum Gasteiger partial charge on any atom is -0.328 e. The number of anilines is 1. The van der Waals surface area contributed by atoms with Gasteiger partial charge in [-0.3, -0.25) is 4.79 Å². The maximum Gasteiger partial charge on any atom is 0.258 e. The topological polar surface area (TPSA) is 72.7 Å². The van der Waals surface area contributed by atoms with E-state index in [-0.39, 0.29) is 5.91 Å². The highest BCUT2D eigenvalue weighted by atomic mass is 16.1. The summed E-state index contributed by atoms with van der Waals surface area (Å²) in [5, 5.41) is 2.91. The van der Waals surface area contributed by atoms with E-state index in [0.29, 0.717) is 11.5 Å². The van der Waals surface area contributed by atoms with Crippen molar-refractivity contribution in [2.24, 2.45) is 0 Å². The lowest BCUT2D eigenvalue weighted by Gasteiger charge is -2.06. The highest BCUT2D eigenvalue weighted by molar-refractivity contribution is 6.04. The van der Waals surface area contributed by atoms with E-state index in [4.69, 9.17) is 0 Å². The number of carbonyl (C=O) groups excluding carboxylic acids is 1. The molecule has 25 heavy (non-hydrogen) atoms. The van der Waals surface area contributed by atoms with Crippen molar-refractivity contribution in [2.75, 3.05) is 5.32 Å². The molecule has 1 N–H and O–H groups in total. The van der Waals surface area contributed by atoms with Gasteiger partial charge in [0, 0.05) is 37.0 Å². The first kappa shape index (κ1) is 15.7. The maximum absolute atomic E-state index is 12.4. The standard InChI is InChI=1S/C19H21N5O/c1-3-17-23-15-9-14(7-8-16(15)24(17)4-2)22-19(25)13-10-20-18(21-11-13)12-5-6-12/h7-12H,3-6H2,1-2H3,(H,22,25). The zero-order chi connectivity index (χ0) is 17.4. The van der Waals surface area contributed by atoms with Crippen LogP contribution in [-0.2, 0) is 13.0 Å². The summed E-state index contributed by atoms with van der Waals surface area (Å²) < 4.78 is 2.20. The van der Waals surface area contributed by atoms with E-state index in [1.165, 1.54) is 0 Å². The molecule has 0 aliphatic heterocycles. The van der Waals surface area contributed by atoms with Crippen LogP contribution in [0.4, 0.5) is 5.69 Å². The molecule has 0 saturated heterocycles. The Balaban J connectivity index is 1.56. The van der Waals surface area contributed by atoms with E-state index in [1.54, 1.807) is 12.4 Å². The van der Waals surface area contributed by atoms with Crippen molar-refractivity contribution in [1.82, 2.24) is 19.5 Å². The van der Waals surface area contributed by atoms with Crippen LogP contribution in [0.1, 0.15) is 54.6 Å². The van der Waals surface area contributed by atoms with Crippen LogP contribution >= 0.6 is 0 Å². The normalized spacial score (nSPS) is 14.0. The number of fused-ring (bicyclic) bond motifs is 1. The molecule has 1 saturated carbocycles. The van der Waals surface area contributed by atoms with Crippen LogP contribution in [0, 0.1) is 0 Å². The Morgan fingerprint density at radius 3 is 2.64 bits per heavy atom. The van der Waals surface area contributed by atoms with Crippen LogP contribution in [0.5, 0.6) is 0 Å². The van der Waals surface area contributed by atoms with Crippen LogP contribution in [0.3, 0.4) is 0 Å². The third-order valence-electron chi connectivity index (χ3n) is 4.59. The van der Waals surface area contributed by atoms with Gasteiger partial charge in [0.05, 0.1) is 16.6 Å². The van der Waals surface area contributed by atoms with Gasteiger partial charge in [-0.05, 0) is 38.0 Å². The summed E-state index contributed by atoms with van der Waals surface area (Å²) in [6, 6.07) is 5.83. The molecule has 2 heterocycles. The number of hydrogen-bond acceptors (Lipinski definition) is 4. The van der Waals surface area contributed by atoms with Crippen LogP contribution in [0.25, 0.3) is 11.0 Å². The molecule has 1 fully saturated rings. The number of aromatic nitrogens is 4. The van der Waals surface area contributed by atoms with Gasteiger partial charge < -0.3 is 9.88 Å². The molecule has 1 aliphatic rings. The van der Waals surface area contributed by atoms with Gasteiger partial charge in [-0.2, -0.15) is 0 Å². The zero-order valence-electron chi connectivity index (χ0n) is 14.5. The second-order valence-electron chi connectivity index (χ2n) is 6.39. The van der Waals surface area contributed by atoms with Gasteiger partial charge in [-0.1, -0.05) is 6.92 Å². The number of amides is 1. The van der Waals surface area contributed by atoms with Crippen molar-refractivity contribution in [3.63, 3.8) is 0 Å². The number of aryl methyl sites for hydroxylation is 2. The number of imidazole rings is 1. The number of nitrogens with one attached hydrogen (secondary N) is 1. The third-order valence-corrected chi connectivity index (χ3v) is 4.59. The lowest BCUT2D eigenvalue weighted by Crippen LogP contribution is -2.13. The monoisotopic (exact) mass is 335 g/mol. The van der Waals surface area contributed by atoms with E-state index in [1.807, 2.05) is 18.2 Å². The highest BCUT2D eigenvalue weighted by Crippen LogP contribution is 2.37. The van der Waals surface area contributed by atoms with Gasteiger partial charge >= 0.3 is 0 Å². The Morgan fingerprint density at radius 1 is 1.24 bits per heavy atom. The Labute approximate surface area is 146 Å². The number of benzene rings is 1. The summed E-state index contributed by atoms with van der Waals surface area (Å²) in [6.07, 6.45) is 6.39. The Kier molecular flexibility index (Phi) is 3.95. The second-order valence-corrected chi connectivity index (χ2v) is 6.39. The SMILES string of the molecule is CCc1nc2cc(NC(=O)c3cnc(C4CC4)nc3)ccc2n1CC. The van der Waals surface area contributed by atoms with Gasteiger partial charge in [-0.25, -0.2) is 15.0 Å². The first-order chi connectivity index (χ1) is 12.2. The molecule has 0 unspecified atom stereocenters. The largest absolute Gasteiger partial charge is 0.328 e. The fraction of sp³-hybridized carbons (Fsp3) is 0.368. The molecule has 128 valence electrons. The van der Waals surface area contributed by atoms with Gasteiger partial charge in [-0.15, -0.1) is 0 Å². The zero-order valence-corrected chi connectivity index (χ0v) is 14.5. The summed E-state index contributed by atoms with van der Waals surface area (Å²) in [7, 11) is 0. The summed E-state index contributed by atoms with van der Waals surface area (Å²) in [5.74, 6) is 2.19. The number of hydrogen-bond donors (Lipinski definition) is 1. The lowest BCUT2D eigenvalue weighted by molar-refractivity contribution is 0.102. The van der Waals surface area contributed by atoms with Crippen molar-refractivity contribution in [3.8, 4) is 0 Å². The highest BCUT2D eigenvalue weighted by Gasteiger charge is 2.26. The molecule has 6 heteroatoms. The Bertz CT molecular complexity index is 925. The minimum absolute atomic E-state index is 0.202. The van der Waals surface area contributed by atoms with E-state index in [0.717, 1.165) is 54.2 Å². The molecular formula is C19H21N5O. The predicted molar refractivity (Wildman–Crippen MR) is 96.7 cm³/mol. The van der Waals surface area contributed by atoms with Crippen LogP contribution < -0.4 is 5.32 Å². The fourth-order valence-corrected chi connectivity index (χ4v) is 3.09. The fourth-order valence-electron chi connectivity index (χ4n) is 3.09. The van der Waals surface area contributed by atoms with Crippen molar-refractivity contribution < 1.29 is 4.79 Å². The maximum atomic E-state index is 12.4. The quantitative estimate of drug-likeness (QED) is 0.774. The van der Waals surface area contributed by atoms with Gasteiger partial charge in [0.2, 0.25) is 0 Å². The van der Waals surface area contributed by atoms with Crippen molar-refractivity contribution in [3.05, 3.63) is 47.8 Å². The summed E-state index contributed by atoms with van der Waals surface area (Å²) >= 11 is 0. The van der Waals surface area contributed by atoms with Crippen molar-refractivity contribution in [1.29, 1.82) is 0 Å². The van der Waals surface area contributed by atoms with Crippen LogP contribution in [-0.4, -0.2) is 25.4 Å². The van der Waals surface area contributed by atoms with E-state index < -0.39 is 0 Å². The smallest absolute Gasteiger partial charge is 0.258 e. The van der Waals surface area contributed by atoms with Gasteiger partial charge in [0.1, 0.15) is 11.6 Å². The molecule has 0 bridgehead atoms. The van der Waals surface area contributed by atoms with Crippen molar-refractivity contribution >= 4 is 22.6 Å². The molecule has 2 aromatic heterocycles. The number of nitrogens with zero attached hydrogens (tertiary/aromatic N) is 4. The van der Waals surface area contributed by atoms with E-state index in [2.05, 4.69) is 38.7 Å². The molecule has 3 aromatic rings. The average Bonchev–Trinajstić information content (AvgIpc) is 3.42. The molecular weight excluding hydrogens is 314 g/mol. The van der Waals surface area contributed by atoms with E-state index >= 15 is 0 Å². The molecule has 0 spiro atoms. The summed E-state index contributed by atoms with van der Waals surface area (Å²) in [6.45, 7) is 5.10. The molecule has 1 aliphatic carbocycles. The first-order valence-corrected chi connectivity index (χ1v) is 8.82. The third kappa shape index (κ3) is 2.99. The molecule has 0 radical (unpaired) electrons. The predicted octanol–water partition coefficient (Wildman–Crippen LogP) is 3.54. The number of carbonyl (C=O) groups is 1. The van der Waals surface area contributed by atoms with Gasteiger partial charge in [0.15, 0.2) is 0 Å². The first-order valence-electron chi connectivity index (χ1n) is 8.82. The molecule has 1 aromatic carbocycles. The molecule has 6 nitrogen and oxygen atoms in total. The summed E-state index contributed by atoms with van der Waals surface area (Å²) in [5.41, 5.74) is 3.19. The van der Waals surface area contributed by atoms with Gasteiger partial charge in [0.25, 0.3) is 5.91 Å². The number of rotatable bonds is 5. The molecule has 4 rings (SSSR count). The Morgan fingerprint density at radius 2 is 2.00 bits per heavy atom. The summed E-state index contributed by atoms with van der Waals surface area (Å²) in [4.78, 5) is 25.7. The molecule has 0 atom stereocenters. The van der Waals surface area contributed by atoms with E-state index in [9.17, 15) is 4.79 Å². The van der Waals surface area contributed by atoms with Crippen molar-refractivity contribution in [2.45, 2.75) is 45.6 Å². The minimum atomic E-state index is -0.202. The molecule has 1 amide bonds.